The number of rotatable bonds is 5. The van der Waals surface area contributed by atoms with Crippen molar-refractivity contribution in [3.05, 3.63) is 33.8 Å². The first-order chi connectivity index (χ1) is 9.06. The van der Waals surface area contributed by atoms with Crippen molar-refractivity contribution in [3.8, 4) is 0 Å². The second kappa shape index (κ2) is 5.85. The first kappa shape index (κ1) is 14.2. The summed E-state index contributed by atoms with van der Waals surface area (Å²) < 4.78 is 9.68. The van der Waals surface area contributed by atoms with Gasteiger partial charge in [0, 0.05) is 25.4 Å². The molecule has 104 valence electrons. The van der Waals surface area contributed by atoms with Crippen LogP contribution in [0.25, 0.3) is 0 Å². The fraction of sp³-hybridized carbons (Fsp3) is 0.500. The summed E-state index contributed by atoms with van der Waals surface area (Å²) in [6.07, 6.45) is 3.57. The first-order valence-corrected chi connectivity index (χ1v) is 6.79. The number of hydrogen-bond acceptors (Lipinski definition) is 4. The molecule has 0 radical (unpaired) electrons. The molecule has 0 aliphatic carbocycles. The van der Waals surface area contributed by atoms with Crippen LogP contribution in [0.4, 0.5) is 0 Å². The van der Waals surface area contributed by atoms with Crippen LogP contribution < -0.4 is 5.73 Å². The van der Waals surface area contributed by atoms with Gasteiger partial charge in [0.25, 0.3) is 0 Å². The Morgan fingerprint density at radius 3 is 2.74 bits per heavy atom. The van der Waals surface area contributed by atoms with Gasteiger partial charge in [-0.15, -0.1) is 0 Å². The summed E-state index contributed by atoms with van der Waals surface area (Å²) >= 11 is 3.51. The van der Waals surface area contributed by atoms with Crippen LogP contribution >= 0.6 is 15.9 Å². The second-order valence-electron chi connectivity index (χ2n) is 4.38. The zero-order chi connectivity index (χ0) is 14.0. The Morgan fingerprint density at radius 1 is 1.42 bits per heavy atom. The zero-order valence-electron chi connectivity index (χ0n) is 11.3. The molecule has 0 saturated heterocycles. The van der Waals surface area contributed by atoms with Gasteiger partial charge in [0.05, 0.1) is 41.8 Å². The normalized spacial score (nSPS) is 12.9. The van der Waals surface area contributed by atoms with E-state index in [2.05, 4.69) is 26.1 Å². The fourth-order valence-corrected chi connectivity index (χ4v) is 2.55. The average molecular weight is 328 g/mol. The number of halogens is 1. The largest absolute Gasteiger partial charge is 0.383 e. The van der Waals surface area contributed by atoms with E-state index in [-0.39, 0.29) is 6.04 Å². The third-order valence-electron chi connectivity index (χ3n) is 3.24. The number of nitrogens with zero attached hydrogens (tertiary/aromatic N) is 4. The predicted molar refractivity (Wildman–Crippen MR) is 75.8 cm³/mol. The van der Waals surface area contributed by atoms with Gasteiger partial charge in [-0.3, -0.25) is 9.36 Å². The Bertz CT molecular complexity index is 562. The van der Waals surface area contributed by atoms with Gasteiger partial charge >= 0.3 is 0 Å². The molecule has 0 aliphatic heterocycles. The molecular formula is C12H18BrN5O. The van der Waals surface area contributed by atoms with Crippen LogP contribution in [0.2, 0.25) is 0 Å². The maximum absolute atomic E-state index is 6.36. The second-order valence-corrected chi connectivity index (χ2v) is 5.23. The van der Waals surface area contributed by atoms with Crippen molar-refractivity contribution in [2.75, 3.05) is 13.7 Å². The van der Waals surface area contributed by atoms with E-state index in [1.54, 1.807) is 19.5 Å². The van der Waals surface area contributed by atoms with Crippen molar-refractivity contribution in [3.63, 3.8) is 0 Å². The van der Waals surface area contributed by atoms with Crippen LogP contribution in [0.3, 0.4) is 0 Å². The summed E-state index contributed by atoms with van der Waals surface area (Å²) in [6.45, 7) is 3.27. The Hall–Kier alpha value is -1.18. The number of aromatic nitrogens is 4. The van der Waals surface area contributed by atoms with Crippen LogP contribution in [0.15, 0.2) is 16.9 Å². The quantitative estimate of drug-likeness (QED) is 0.900. The lowest BCUT2D eigenvalue weighted by Crippen LogP contribution is -2.20. The van der Waals surface area contributed by atoms with Gasteiger partial charge in [-0.05, 0) is 22.9 Å². The number of ether oxygens (including phenoxy) is 1. The number of aryl methyl sites for hydroxylation is 1. The highest BCUT2D eigenvalue weighted by atomic mass is 79.9. The highest BCUT2D eigenvalue weighted by Gasteiger charge is 2.21. The minimum Gasteiger partial charge on any atom is -0.383 e. The van der Waals surface area contributed by atoms with E-state index in [1.165, 1.54) is 0 Å². The first-order valence-electron chi connectivity index (χ1n) is 6.00. The molecule has 0 saturated carbocycles. The van der Waals surface area contributed by atoms with Crippen molar-refractivity contribution in [1.29, 1.82) is 0 Å². The number of nitrogens with two attached hydrogens (primary N) is 1. The van der Waals surface area contributed by atoms with Crippen molar-refractivity contribution < 1.29 is 4.74 Å². The van der Waals surface area contributed by atoms with Crippen molar-refractivity contribution in [1.82, 2.24) is 19.6 Å². The molecule has 0 aromatic carbocycles. The summed E-state index contributed by atoms with van der Waals surface area (Å²) in [5.74, 6) is 0. The maximum Gasteiger partial charge on any atom is 0.0768 e. The minimum absolute atomic E-state index is 0.262. The van der Waals surface area contributed by atoms with Gasteiger partial charge in [-0.25, -0.2) is 0 Å². The molecular weight excluding hydrogens is 310 g/mol. The van der Waals surface area contributed by atoms with E-state index >= 15 is 0 Å². The lowest BCUT2D eigenvalue weighted by molar-refractivity contribution is 0.182. The fourth-order valence-electron chi connectivity index (χ4n) is 2.01. The van der Waals surface area contributed by atoms with Gasteiger partial charge in [0.1, 0.15) is 0 Å². The van der Waals surface area contributed by atoms with E-state index < -0.39 is 0 Å². The molecule has 1 unspecified atom stereocenters. The molecule has 0 aliphatic rings. The van der Waals surface area contributed by atoms with Gasteiger partial charge in [-0.1, -0.05) is 0 Å². The van der Waals surface area contributed by atoms with Crippen molar-refractivity contribution in [2.45, 2.75) is 19.5 Å². The summed E-state index contributed by atoms with van der Waals surface area (Å²) in [6, 6.07) is -0.262. The van der Waals surface area contributed by atoms with Gasteiger partial charge in [-0.2, -0.15) is 10.2 Å². The Balaban J connectivity index is 2.35. The van der Waals surface area contributed by atoms with Crippen LogP contribution in [0.5, 0.6) is 0 Å². The van der Waals surface area contributed by atoms with Crippen LogP contribution in [-0.4, -0.2) is 33.3 Å². The Kier molecular flexibility index (Phi) is 4.38. The van der Waals surface area contributed by atoms with Crippen LogP contribution in [-0.2, 0) is 18.3 Å². The molecule has 0 spiro atoms. The molecule has 19 heavy (non-hydrogen) atoms. The summed E-state index contributed by atoms with van der Waals surface area (Å²) in [5.41, 5.74) is 9.36. The third kappa shape index (κ3) is 2.72. The van der Waals surface area contributed by atoms with Gasteiger partial charge in [0.15, 0.2) is 0 Å². The SMILES string of the molecule is COCCn1ncc(Br)c1C(N)c1cnn(C)c1C. The van der Waals surface area contributed by atoms with E-state index in [0.717, 1.165) is 21.4 Å². The summed E-state index contributed by atoms with van der Waals surface area (Å²) in [4.78, 5) is 0. The van der Waals surface area contributed by atoms with Gasteiger partial charge in [0.2, 0.25) is 0 Å². The number of methoxy groups -OCH3 is 1. The maximum atomic E-state index is 6.36. The lowest BCUT2D eigenvalue weighted by atomic mass is 10.1. The number of hydrogen-bond donors (Lipinski definition) is 1. The van der Waals surface area contributed by atoms with E-state index in [0.29, 0.717) is 13.2 Å². The third-order valence-corrected chi connectivity index (χ3v) is 3.85. The molecule has 2 aromatic heterocycles. The smallest absolute Gasteiger partial charge is 0.0768 e. The summed E-state index contributed by atoms with van der Waals surface area (Å²) in [7, 11) is 3.58. The molecule has 0 amide bonds. The zero-order valence-corrected chi connectivity index (χ0v) is 12.9. The van der Waals surface area contributed by atoms with Crippen molar-refractivity contribution in [2.24, 2.45) is 12.8 Å². The van der Waals surface area contributed by atoms with E-state index in [9.17, 15) is 0 Å². The standard InChI is InChI=1S/C12H18BrN5O/c1-8-9(6-15-17(8)2)11(14)12-10(13)7-16-18(12)4-5-19-3/h6-7,11H,4-5,14H2,1-3H3. The van der Waals surface area contributed by atoms with E-state index in [4.69, 9.17) is 10.5 Å². The van der Waals surface area contributed by atoms with Gasteiger partial charge < -0.3 is 10.5 Å². The molecule has 2 aromatic rings. The Morgan fingerprint density at radius 2 is 2.16 bits per heavy atom. The molecule has 2 rings (SSSR count). The topological polar surface area (TPSA) is 70.9 Å². The van der Waals surface area contributed by atoms with Crippen LogP contribution in [0, 0.1) is 6.92 Å². The molecule has 1 atom stereocenters. The predicted octanol–water partition coefficient (Wildman–Crippen LogP) is 1.38. The lowest BCUT2D eigenvalue weighted by Gasteiger charge is -2.15. The Labute approximate surface area is 120 Å². The average Bonchev–Trinajstić information content (AvgIpc) is 2.91. The molecule has 6 nitrogen and oxygen atoms in total. The van der Waals surface area contributed by atoms with Crippen molar-refractivity contribution >= 4 is 15.9 Å². The highest BCUT2D eigenvalue weighted by molar-refractivity contribution is 9.10. The molecule has 0 bridgehead atoms. The van der Waals surface area contributed by atoms with Crippen LogP contribution in [0.1, 0.15) is 23.0 Å². The summed E-state index contributed by atoms with van der Waals surface area (Å²) in [5, 5.41) is 8.55. The molecule has 2 heterocycles. The molecule has 2 N–H and O–H groups in total. The molecule has 7 heteroatoms. The van der Waals surface area contributed by atoms with E-state index in [1.807, 2.05) is 23.3 Å². The molecule has 0 fully saturated rings. The monoisotopic (exact) mass is 327 g/mol. The highest BCUT2D eigenvalue weighted by Crippen LogP contribution is 2.28. The minimum atomic E-state index is -0.262.